The summed E-state index contributed by atoms with van der Waals surface area (Å²) in [5, 5.41) is 0. The Balaban J connectivity index is 3.14. The fraction of sp³-hybridized carbons (Fsp3) is 0.588. The standard InChI is InChI=1S/C17H26N2O4/c1-8-12-9-10-13(18-11-12)19(14(20)22-16(2,3)4)15(21)23-17(5,6)7/h9-11H,8H2,1-7H3. The quantitative estimate of drug-likeness (QED) is 0.811. The predicted molar refractivity (Wildman–Crippen MR) is 88.6 cm³/mol. The van der Waals surface area contributed by atoms with Crippen LogP contribution < -0.4 is 4.90 Å². The summed E-state index contributed by atoms with van der Waals surface area (Å²) >= 11 is 0. The maximum atomic E-state index is 12.4. The van der Waals surface area contributed by atoms with Crippen LogP contribution in [0.3, 0.4) is 0 Å². The molecular formula is C17H26N2O4. The van der Waals surface area contributed by atoms with Crippen molar-refractivity contribution in [2.75, 3.05) is 4.90 Å². The lowest BCUT2D eigenvalue weighted by Gasteiger charge is -2.28. The molecule has 1 aromatic heterocycles. The maximum absolute atomic E-state index is 12.4. The van der Waals surface area contributed by atoms with E-state index in [4.69, 9.17) is 9.47 Å². The number of aryl methyl sites for hydroxylation is 1. The molecule has 0 unspecified atom stereocenters. The van der Waals surface area contributed by atoms with Crippen molar-refractivity contribution in [2.24, 2.45) is 0 Å². The zero-order chi connectivity index (χ0) is 17.8. The molecule has 0 bridgehead atoms. The number of carbonyl (C=O) groups is 2. The largest absolute Gasteiger partial charge is 0.443 e. The molecule has 1 aromatic rings. The van der Waals surface area contributed by atoms with E-state index in [-0.39, 0.29) is 5.82 Å². The minimum Gasteiger partial charge on any atom is -0.443 e. The Morgan fingerprint density at radius 1 is 1.00 bits per heavy atom. The summed E-state index contributed by atoms with van der Waals surface area (Å²) in [6, 6.07) is 3.41. The van der Waals surface area contributed by atoms with Gasteiger partial charge < -0.3 is 9.47 Å². The summed E-state index contributed by atoms with van der Waals surface area (Å²) in [5.74, 6) is 0.172. The second kappa shape index (κ2) is 6.98. The van der Waals surface area contributed by atoms with Crippen LogP contribution in [0.25, 0.3) is 0 Å². The first-order valence-corrected chi connectivity index (χ1v) is 7.64. The average Bonchev–Trinajstić information content (AvgIpc) is 2.35. The summed E-state index contributed by atoms with van der Waals surface area (Å²) in [6.07, 6.45) is 0.801. The van der Waals surface area contributed by atoms with E-state index < -0.39 is 23.4 Å². The highest BCUT2D eigenvalue weighted by Crippen LogP contribution is 2.20. The number of hydrogen-bond acceptors (Lipinski definition) is 5. The van der Waals surface area contributed by atoms with Gasteiger partial charge in [0, 0.05) is 6.20 Å². The van der Waals surface area contributed by atoms with Crippen LogP contribution in [0.2, 0.25) is 0 Å². The highest BCUT2D eigenvalue weighted by molar-refractivity contribution is 6.08. The number of imide groups is 1. The van der Waals surface area contributed by atoms with E-state index in [0.29, 0.717) is 0 Å². The van der Waals surface area contributed by atoms with Crippen molar-refractivity contribution < 1.29 is 19.1 Å². The molecule has 6 heteroatoms. The number of ether oxygens (including phenoxy) is 2. The summed E-state index contributed by atoms with van der Waals surface area (Å²) in [7, 11) is 0. The number of carbonyl (C=O) groups excluding carboxylic acids is 2. The third-order valence-electron chi connectivity index (χ3n) is 2.60. The Labute approximate surface area is 137 Å². The van der Waals surface area contributed by atoms with E-state index in [0.717, 1.165) is 16.9 Å². The molecule has 0 atom stereocenters. The van der Waals surface area contributed by atoms with Crippen LogP contribution in [-0.4, -0.2) is 28.4 Å². The van der Waals surface area contributed by atoms with Crippen molar-refractivity contribution >= 4 is 18.0 Å². The van der Waals surface area contributed by atoms with Crippen LogP contribution in [0.4, 0.5) is 15.4 Å². The van der Waals surface area contributed by atoms with Crippen molar-refractivity contribution in [2.45, 2.75) is 66.1 Å². The first kappa shape index (κ1) is 18.9. The molecule has 23 heavy (non-hydrogen) atoms. The van der Waals surface area contributed by atoms with Gasteiger partial charge in [-0.2, -0.15) is 4.90 Å². The second-order valence-electron chi connectivity index (χ2n) is 7.17. The molecule has 1 heterocycles. The van der Waals surface area contributed by atoms with E-state index in [1.165, 1.54) is 0 Å². The summed E-state index contributed by atoms with van der Waals surface area (Å²) < 4.78 is 10.6. The SMILES string of the molecule is CCc1ccc(N(C(=O)OC(C)(C)C)C(=O)OC(C)(C)C)nc1. The molecule has 6 nitrogen and oxygen atoms in total. The van der Waals surface area contributed by atoms with Crippen molar-refractivity contribution in [3.63, 3.8) is 0 Å². The van der Waals surface area contributed by atoms with Crippen LogP contribution in [0, 0.1) is 0 Å². The van der Waals surface area contributed by atoms with Crippen LogP contribution in [-0.2, 0) is 15.9 Å². The van der Waals surface area contributed by atoms with Crippen molar-refractivity contribution in [3.05, 3.63) is 23.9 Å². The highest BCUT2D eigenvalue weighted by atomic mass is 16.6. The number of aromatic nitrogens is 1. The zero-order valence-corrected chi connectivity index (χ0v) is 15.0. The monoisotopic (exact) mass is 322 g/mol. The van der Waals surface area contributed by atoms with Crippen LogP contribution >= 0.6 is 0 Å². The van der Waals surface area contributed by atoms with Gasteiger partial charge in [0.25, 0.3) is 0 Å². The van der Waals surface area contributed by atoms with Crippen LogP contribution in [0.1, 0.15) is 54.0 Å². The third-order valence-corrected chi connectivity index (χ3v) is 2.60. The smallest absolute Gasteiger partial charge is 0.425 e. The van der Waals surface area contributed by atoms with Gasteiger partial charge in [-0.25, -0.2) is 14.6 Å². The number of rotatable bonds is 2. The minimum atomic E-state index is -0.816. The molecule has 0 fully saturated rings. The van der Waals surface area contributed by atoms with Gasteiger partial charge in [0.15, 0.2) is 0 Å². The summed E-state index contributed by atoms with van der Waals surface area (Å²) in [5.41, 5.74) is -0.469. The fourth-order valence-corrected chi connectivity index (χ4v) is 1.63. The van der Waals surface area contributed by atoms with E-state index in [2.05, 4.69) is 4.98 Å². The number of hydrogen-bond donors (Lipinski definition) is 0. The molecule has 0 aromatic carbocycles. The Bertz CT molecular complexity index is 525. The van der Waals surface area contributed by atoms with Gasteiger partial charge in [0.1, 0.15) is 17.0 Å². The molecular weight excluding hydrogens is 296 g/mol. The van der Waals surface area contributed by atoms with Crippen molar-refractivity contribution in [1.82, 2.24) is 4.98 Å². The lowest BCUT2D eigenvalue weighted by Crippen LogP contribution is -2.44. The molecule has 0 aliphatic carbocycles. The number of anilines is 1. The Morgan fingerprint density at radius 2 is 1.48 bits per heavy atom. The molecule has 0 saturated carbocycles. The van der Waals surface area contributed by atoms with Gasteiger partial charge in [-0.3, -0.25) is 0 Å². The highest BCUT2D eigenvalue weighted by Gasteiger charge is 2.33. The summed E-state index contributed by atoms with van der Waals surface area (Å²) in [4.78, 5) is 29.8. The number of nitrogens with zero attached hydrogens (tertiary/aromatic N) is 2. The van der Waals surface area contributed by atoms with Gasteiger partial charge >= 0.3 is 12.2 Å². The Kier molecular flexibility index (Phi) is 5.75. The van der Waals surface area contributed by atoms with Crippen molar-refractivity contribution in [1.29, 1.82) is 0 Å². The molecule has 0 aliphatic rings. The Morgan fingerprint density at radius 3 is 1.78 bits per heavy atom. The third kappa shape index (κ3) is 6.26. The van der Waals surface area contributed by atoms with Crippen molar-refractivity contribution in [3.8, 4) is 0 Å². The van der Waals surface area contributed by atoms with E-state index in [1.54, 1.807) is 53.8 Å². The molecule has 0 aliphatic heterocycles. The van der Waals surface area contributed by atoms with Gasteiger partial charge in [-0.15, -0.1) is 0 Å². The van der Waals surface area contributed by atoms with Gasteiger partial charge in [0.05, 0.1) is 0 Å². The lowest BCUT2D eigenvalue weighted by atomic mass is 10.2. The van der Waals surface area contributed by atoms with E-state index in [1.807, 2.05) is 13.0 Å². The van der Waals surface area contributed by atoms with Crippen LogP contribution in [0.5, 0.6) is 0 Å². The maximum Gasteiger partial charge on any atom is 0.425 e. The first-order chi connectivity index (χ1) is 10.4. The lowest BCUT2D eigenvalue weighted by molar-refractivity contribution is 0.0429. The predicted octanol–water partition coefficient (Wildman–Crippen LogP) is 4.32. The van der Waals surface area contributed by atoms with Gasteiger partial charge in [0.2, 0.25) is 0 Å². The average molecular weight is 322 g/mol. The van der Waals surface area contributed by atoms with Gasteiger partial charge in [-0.1, -0.05) is 13.0 Å². The normalized spacial score (nSPS) is 11.8. The topological polar surface area (TPSA) is 68.7 Å². The minimum absolute atomic E-state index is 0.172. The molecule has 0 spiro atoms. The van der Waals surface area contributed by atoms with E-state index >= 15 is 0 Å². The van der Waals surface area contributed by atoms with Crippen LogP contribution in [0.15, 0.2) is 18.3 Å². The molecule has 0 radical (unpaired) electrons. The second-order valence-corrected chi connectivity index (χ2v) is 7.17. The first-order valence-electron chi connectivity index (χ1n) is 7.64. The molecule has 2 amide bonds. The van der Waals surface area contributed by atoms with E-state index in [9.17, 15) is 9.59 Å². The van der Waals surface area contributed by atoms with Gasteiger partial charge in [-0.05, 0) is 59.6 Å². The summed E-state index contributed by atoms with van der Waals surface area (Å²) in [6.45, 7) is 12.4. The number of amides is 2. The molecule has 0 saturated heterocycles. The number of pyridine rings is 1. The zero-order valence-electron chi connectivity index (χ0n) is 15.0. The Hall–Kier alpha value is -2.11. The molecule has 0 N–H and O–H groups in total. The molecule has 1 rings (SSSR count). The molecule has 128 valence electrons. The fourth-order valence-electron chi connectivity index (χ4n) is 1.63.